The van der Waals surface area contributed by atoms with Crippen molar-refractivity contribution in [3.05, 3.63) is 43.8 Å². The van der Waals surface area contributed by atoms with Crippen LogP contribution in [0, 0.1) is 10.1 Å². The normalized spacial score (nSPS) is 15.6. The zero-order valence-corrected chi connectivity index (χ0v) is 15.3. The Balaban J connectivity index is 2.44. The molecule has 0 N–H and O–H groups in total. The van der Waals surface area contributed by atoms with Gasteiger partial charge in [-0.25, -0.2) is 0 Å². The quantitative estimate of drug-likeness (QED) is 0.333. The molecule has 1 aromatic carbocycles. The molecule has 11 heteroatoms. The van der Waals surface area contributed by atoms with Crippen LogP contribution in [0.5, 0.6) is 0 Å². The molecule has 0 unspecified atom stereocenters. The van der Waals surface area contributed by atoms with Gasteiger partial charge >= 0.3 is 0 Å². The predicted molar refractivity (Wildman–Crippen MR) is 96.3 cm³/mol. The number of thioether (sulfide) groups is 1. The van der Waals surface area contributed by atoms with Gasteiger partial charge in [0.1, 0.15) is 0 Å². The predicted octanol–water partition coefficient (Wildman–Crippen LogP) is 2.76. The lowest BCUT2D eigenvalue weighted by molar-refractivity contribution is -0.384. The molecule has 1 heterocycles. The number of hydrazine groups is 1. The molecule has 3 amide bonds. The van der Waals surface area contributed by atoms with Crippen LogP contribution in [0.4, 0.5) is 5.69 Å². The zero-order valence-electron chi connectivity index (χ0n) is 12.9. The van der Waals surface area contributed by atoms with Gasteiger partial charge in [-0.05, 0) is 24.4 Å². The number of rotatable bonds is 3. The summed E-state index contributed by atoms with van der Waals surface area (Å²) in [7, 11) is 0. The lowest BCUT2D eigenvalue weighted by atomic mass is 10.2. The molecule has 0 atom stereocenters. The summed E-state index contributed by atoms with van der Waals surface area (Å²) >= 11 is 11.9. The smallest absolute Gasteiger partial charge is 0.273 e. The molecule has 1 fully saturated rings. The van der Waals surface area contributed by atoms with Crippen molar-refractivity contribution in [2.75, 3.05) is 0 Å². The summed E-state index contributed by atoms with van der Waals surface area (Å²) in [5, 5.41) is 12.5. The van der Waals surface area contributed by atoms with Crippen molar-refractivity contribution >= 4 is 69.4 Å². The first-order valence-electron chi connectivity index (χ1n) is 6.66. The third-order valence-electron chi connectivity index (χ3n) is 3.05. The van der Waals surface area contributed by atoms with Gasteiger partial charge in [-0.3, -0.25) is 24.5 Å². The van der Waals surface area contributed by atoms with E-state index in [1.807, 2.05) is 0 Å². The van der Waals surface area contributed by atoms with Crippen LogP contribution in [-0.2, 0) is 14.4 Å². The third kappa shape index (κ3) is 3.86. The summed E-state index contributed by atoms with van der Waals surface area (Å²) in [6, 6.07) is 3.78. The summed E-state index contributed by atoms with van der Waals surface area (Å²) in [6.45, 7) is 2.25. The lowest BCUT2D eigenvalue weighted by Crippen LogP contribution is -2.50. The first kappa shape index (κ1) is 19.0. The van der Waals surface area contributed by atoms with Crippen molar-refractivity contribution in [2.45, 2.75) is 13.8 Å². The second-order valence-corrected chi connectivity index (χ2v) is 6.89. The van der Waals surface area contributed by atoms with Crippen molar-refractivity contribution in [3.63, 3.8) is 0 Å². The number of carbonyl (C=O) groups is 3. The number of hydrogen-bond donors (Lipinski definition) is 0. The molecule has 2 rings (SSSR count). The minimum absolute atomic E-state index is 0.0109. The Morgan fingerprint density at radius 1 is 1.36 bits per heavy atom. The fourth-order valence-corrected chi connectivity index (χ4v) is 3.44. The Morgan fingerprint density at radius 3 is 2.48 bits per heavy atom. The topological polar surface area (TPSA) is 101 Å². The Morgan fingerprint density at radius 2 is 1.96 bits per heavy atom. The van der Waals surface area contributed by atoms with Crippen LogP contribution in [0.25, 0.3) is 6.08 Å². The molecule has 0 spiro atoms. The van der Waals surface area contributed by atoms with E-state index in [0.29, 0.717) is 5.01 Å². The number of nitrogens with zero attached hydrogens (tertiary/aromatic N) is 3. The minimum atomic E-state index is -0.692. The van der Waals surface area contributed by atoms with Crippen LogP contribution in [0.2, 0.25) is 5.02 Å². The molecule has 0 saturated carbocycles. The van der Waals surface area contributed by atoms with E-state index in [0.717, 1.165) is 30.6 Å². The molecule has 25 heavy (non-hydrogen) atoms. The standard InChI is InChI=1S/C14H10ClN3O5S2/c1-7(19)16(8(2)20)17-13(21)12(25-14(17)24)6-9-5-10(18(22)23)3-4-11(9)15/h3-6H,1-2H3. The molecule has 1 aliphatic heterocycles. The Labute approximate surface area is 156 Å². The van der Waals surface area contributed by atoms with E-state index in [9.17, 15) is 24.5 Å². The van der Waals surface area contributed by atoms with Crippen LogP contribution < -0.4 is 0 Å². The molecule has 0 aliphatic carbocycles. The van der Waals surface area contributed by atoms with E-state index in [1.165, 1.54) is 24.3 Å². The number of benzene rings is 1. The number of carbonyl (C=O) groups excluding carboxylic acids is 3. The highest BCUT2D eigenvalue weighted by molar-refractivity contribution is 8.26. The van der Waals surface area contributed by atoms with Crippen molar-refractivity contribution in [2.24, 2.45) is 0 Å². The van der Waals surface area contributed by atoms with Gasteiger partial charge in [-0.1, -0.05) is 23.4 Å². The number of nitro benzene ring substituents is 1. The van der Waals surface area contributed by atoms with Crippen LogP contribution in [0.3, 0.4) is 0 Å². The Bertz CT molecular complexity index is 841. The lowest BCUT2D eigenvalue weighted by Gasteiger charge is -2.26. The molecule has 0 aromatic heterocycles. The van der Waals surface area contributed by atoms with Gasteiger partial charge in [0.15, 0.2) is 4.32 Å². The van der Waals surface area contributed by atoms with Crippen LogP contribution >= 0.6 is 35.6 Å². The molecule has 0 radical (unpaired) electrons. The van der Waals surface area contributed by atoms with Gasteiger partial charge in [0.25, 0.3) is 11.6 Å². The highest BCUT2D eigenvalue weighted by atomic mass is 35.5. The average Bonchev–Trinajstić information content (AvgIpc) is 2.76. The largest absolute Gasteiger partial charge is 0.285 e. The SMILES string of the molecule is CC(=O)N(C(C)=O)N1C(=O)C(=Cc2cc([N+](=O)[O-])ccc2Cl)SC1=S. The van der Waals surface area contributed by atoms with E-state index >= 15 is 0 Å². The number of hydrogen-bond acceptors (Lipinski definition) is 7. The number of amides is 3. The van der Waals surface area contributed by atoms with E-state index in [4.69, 9.17) is 23.8 Å². The maximum Gasteiger partial charge on any atom is 0.285 e. The van der Waals surface area contributed by atoms with E-state index < -0.39 is 22.6 Å². The summed E-state index contributed by atoms with van der Waals surface area (Å²) in [6.07, 6.45) is 1.33. The van der Waals surface area contributed by atoms with Crippen molar-refractivity contribution < 1.29 is 19.3 Å². The van der Waals surface area contributed by atoms with E-state index in [-0.39, 0.29) is 25.5 Å². The highest BCUT2D eigenvalue weighted by Crippen LogP contribution is 2.35. The highest BCUT2D eigenvalue weighted by Gasteiger charge is 2.39. The minimum Gasteiger partial charge on any atom is -0.273 e. The van der Waals surface area contributed by atoms with Gasteiger partial charge in [-0.2, -0.15) is 10.0 Å². The fourth-order valence-electron chi connectivity index (χ4n) is 2.03. The first-order valence-corrected chi connectivity index (χ1v) is 8.27. The number of halogens is 1. The van der Waals surface area contributed by atoms with E-state index in [2.05, 4.69) is 0 Å². The van der Waals surface area contributed by atoms with Gasteiger partial charge in [0.05, 0.1) is 9.83 Å². The number of nitro groups is 1. The summed E-state index contributed by atoms with van der Waals surface area (Å²) in [5.74, 6) is -2.03. The zero-order chi connectivity index (χ0) is 18.9. The maximum absolute atomic E-state index is 12.5. The summed E-state index contributed by atoms with van der Waals surface area (Å²) in [4.78, 5) is 46.1. The summed E-state index contributed by atoms with van der Waals surface area (Å²) < 4.78 is -0.0109. The van der Waals surface area contributed by atoms with Gasteiger partial charge in [-0.15, -0.1) is 0 Å². The summed E-state index contributed by atoms with van der Waals surface area (Å²) in [5.41, 5.74) is 0.0498. The van der Waals surface area contributed by atoms with Crippen molar-refractivity contribution in [3.8, 4) is 0 Å². The molecular weight excluding hydrogens is 390 g/mol. The van der Waals surface area contributed by atoms with Crippen molar-refractivity contribution in [1.29, 1.82) is 0 Å². The Kier molecular flexibility index (Phi) is 5.55. The second-order valence-electron chi connectivity index (χ2n) is 4.81. The van der Waals surface area contributed by atoms with Crippen LogP contribution in [0.1, 0.15) is 19.4 Å². The van der Waals surface area contributed by atoms with Crippen LogP contribution in [0.15, 0.2) is 23.1 Å². The van der Waals surface area contributed by atoms with Crippen molar-refractivity contribution in [1.82, 2.24) is 10.0 Å². The molecule has 1 aromatic rings. The number of non-ortho nitro benzene ring substituents is 1. The first-order chi connectivity index (χ1) is 11.6. The fraction of sp³-hybridized carbons (Fsp3) is 0.143. The molecule has 8 nitrogen and oxygen atoms in total. The average molecular weight is 400 g/mol. The molecular formula is C14H10ClN3O5S2. The third-order valence-corrected chi connectivity index (χ3v) is 4.67. The monoisotopic (exact) mass is 399 g/mol. The number of thiocarbonyl (C=S) groups is 1. The second kappa shape index (κ2) is 7.30. The van der Waals surface area contributed by atoms with Gasteiger partial charge in [0.2, 0.25) is 11.8 Å². The molecule has 1 saturated heterocycles. The van der Waals surface area contributed by atoms with Gasteiger partial charge < -0.3 is 0 Å². The van der Waals surface area contributed by atoms with E-state index in [1.54, 1.807) is 0 Å². The Hall–Kier alpha value is -2.30. The maximum atomic E-state index is 12.5. The molecule has 130 valence electrons. The molecule has 1 aliphatic rings. The van der Waals surface area contributed by atoms with Gasteiger partial charge in [0, 0.05) is 36.6 Å². The molecule has 0 bridgehead atoms. The number of imide groups is 1. The van der Waals surface area contributed by atoms with Crippen LogP contribution in [-0.4, -0.2) is 37.0 Å².